The van der Waals surface area contributed by atoms with Gasteiger partial charge in [0.25, 0.3) is 5.82 Å². The number of imidazole rings is 1. The quantitative estimate of drug-likeness (QED) is 0.299. The van der Waals surface area contributed by atoms with Crippen molar-refractivity contribution in [3.8, 4) is 28.5 Å². The number of alkyl halides is 3. The first-order valence-corrected chi connectivity index (χ1v) is 14.1. The van der Waals surface area contributed by atoms with E-state index in [0.29, 0.717) is 48.1 Å². The first-order valence-electron chi connectivity index (χ1n) is 14.1. The highest BCUT2D eigenvalue weighted by molar-refractivity contribution is 5.76. The third-order valence-electron chi connectivity index (χ3n) is 7.45. The van der Waals surface area contributed by atoms with Gasteiger partial charge in [0.1, 0.15) is 23.5 Å². The predicted octanol–water partition coefficient (Wildman–Crippen LogP) is 4.75. The van der Waals surface area contributed by atoms with Crippen molar-refractivity contribution in [2.75, 3.05) is 26.9 Å². The Morgan fingerprint density at radius 2 is 1.95 bits per heavy atom. The van der Waals surface area contributed by atoms with E-state index in [1.54, 1.807) is 42.1 Å². The molecule has 1 amide bonds. The molecule has 1 unspecified atom stereocenters. The van der Waals surface area contributed by atoms with Crippen LogP contribution >= 0.6 is 0 Å². The van der Waals surface area contributed by atoms with Crippen molar-refractivity contribution in [1.29, 1.82) is 0 Å². The van der Waals surface area contributed by atoms with E-state index in [9.17, 15) is 18.0 Å². The van der Waals surface area contributed by atoms with Crippen LogP contribution in [0.15, 0.2) is 36.7 Å². The summed E-state index contributed by atoms with van der Waals surface area (Å²) in [6, 6.07) is 6.95. The number of halogens is 3. The van der Waals surface area contributed by atoms with Gasteiger partial charge in [-0.1, -0.05) is 12.1 Å². The second-order valence-electron chi connectivity index (χ2n) is 10.3. The van der Waals surface area contributed by atoms with Crippen molar-refractivity contribution in [1.82, 2.24) is 39.0 Å². The van der Waals surface area contributed by atoms with Gasteiger partial charge in [-0.2, -0.15) is 18.3 Å². The second-order valence-corrected chi connectivity index (χ2v) is 10.3. The Kier molecular flexibility index (Phi) is 7.81. The number of ether oxygens (including phenoxy) is 3. The number of carbonyl (C=O) groups is 1. The maximum atomic E-state index is 13.9. The first-order chi connectivity index (χ1) is 20.7. The number of hydrogen-bond donors (Lipinski definition) is 0. The molecule has 5 heterocycles. The van der Waals surface area contributed by atoms with E-state index < -0.39 is 18.1 Å². The lowest BCUT2D eigenvalue weighted by molar-refractivity contribution is -0.144. The number of nitrogens with zero attached hydrogens (tertiary/aromatic N) is 8. The molecule has 0 spiro atoms. The Hall–Kier alpha value is -4.40. The minimum absolute atomic E-state index is 0.00810. The molecule has 2 aliphatic heterocycles. The fourth-order valence-corrected chi connectivity index (χ4v) is 5.35. The molecule has 0 aliphatic carbocycles. The summed E-state index contributed by atoms with van der Waals surface area (Å²) in [5, 5.41) is 8.39. The first kappa shape index (κ1) is 28.7. The van der Waals surface area contributed by atoms with Crippen molar-refractivity contribution in [2.24, 2.45) is 0 Å². The van der Waals surface area contributed by atoms with Crippen LogP contribution in [-0.2, 0) is 35.3 Å². The van der Waals surface area contributed by atoms with Gasteiger partial charge < -0.3 is 18.8 Å². The SMILES string of the molecule is CCOC(=O)N1CCn2c(nc(-c3nc(C(F)(F)F)nn3Cc3ccc(OC)cc3)c2-c2cnn(C3CCCCO3)c2)C1. The summed E-state index contributed by atoms with van der Waals surface area (Å²) in [4.78, 5) is 22.8. The number of rotatable bonds is 7. The molecule has 0 radical (unpaired) electrons. The van der Waals surface area contributed by atoms with Gasteiger partial charge in [-0.3, -0.25) is 4.90 Å². The van der Waals surface area contributed by atoms with Crippen LogP contribution in [-0.4, -0.2) is 72.0 Å². The van der Waals surface area contributed by atoms with E-state index in [2.05, 4.69) is 15.2 Å². The summed E-state index contributed by atoms with van der Waals surface area (Å²) < 4.78 is 62.9. The van der Waals surface area contributed by atoms with E-state index in [1.165, 1.54) is 16.7 Å². The lowest BCUT2D eigenvalue weighted by Gasteiger charge is -2.27. The minimum atomic E-state index is -4.77. The fourth-order valence-electron chi connectivity index (χ4n) is 5.35. The van der Waals surface area contributed by atoms with Crippen LogP contribution in [0.3, 0.4) is 0 Å². The topological polar surface area (TPSA) is 114 Å². The molecule has 3 aromatic heterocycles. The summed E-state index contributed by atoms with van der Waals surface area (Å²) in [7, 11) is 1.54. The number of methoxy groups -OCH3 is 1. The Balaban J connectivity index is 1.46. The zero-order chi connectivity index (χ0) is 30.1. The smallest absolute Gasteiger partial charge is 0.453 e. The molecular weight excluding hydrogens is 569 g/mol. The molecule has 6 rings (SSSR count). The largest absolute Gasteiger partial charge is 0.497 e. The van der Waals surface area contributed by atoms with E-state index in [4.69, 9.17) is 19.2 Å². The molecule has 1 saturated heterocycles. The Bertz CT molecular complexity index is 1590. The van der Waals surface area contributed by atoms with Gasteiger partial charge in [0.2, 0.25) is 0 Å². The lowest BCUT2D eigenvalue weighted by Crippen LogP contribution is -2.38. The van der Waals surface area contributed by atoms with Crippen LogP contribution in [0.25, 0.3) is 22.8 Å². The van der Waals surface area contributed by atoms with Crippen LogP contribution in [0, 0.1) is 0 Å². The molecule has 43 heavy (non-hydrogen) atoms. The number of carbonyl (C=O) groups excluding carboxylic acids is 1. The lowest BCUT2D eigenvalue weighted by atomic mass is 10.1. The molecule has 1 fully saturated rings. The molecule has 0 N–H and O–H groups in total. The van der Waals surface area contributed by atoms with Crippen LogP contribution in [0.1, 0.15) is 49.6 Å². The highest BCUT2D eigenvalue weighted by Crippen LogP contribution is 2.37. The number of amides is 1. The average Bonchev–Trinajstić information content (AvgIpc) is 3.74. The molecular formula is C28H31F3N8O4. The third-order valence-corrected chi connectivity index (χ3v) is 7.45. The van der Waals surface area contributed by atoms with Crippen LogP contribution in [0.5, 0.6) is 5.75 Å². The van der Waals surface area contributed by atoms with E-state index in [-0.39, 0.29) is 37.4 Å². The molecule has 228 valence electrons. The normalized spacial score (nSPS) is 17.1. The van der Waals surface area contributed by atoms with Gasteiger partial charge in [-0.05, 0) is 43.9 Å². The number of fused-ring (bicyclic) bond motifs is 1. The molecule has 12 nitrogen and oxygen atoms in total. The summed E-state index contributed by atoms with van der Waals surface area (Å²) >= 11 is 0. The van der Waals surface area contributed by atoms with E-state index >= 15 is 0 Å². The highest BCUT2D eigenvalue weighted by Gasteiger charge is 2.39. The number of aromatic nitrogens is 7. The van der Waals surface area contributed by atoms with Crippen molar-refractivity contribution >= 4 is 6.09 Å². The zero-order valence-electron chi connectivity index (χ0n) is 23.8. The van der Waals surface area contributed by atoms with E-state index in [0.717, 1.165) is 19.3 Å². The van der Waals surface area contributed by atoms with Gasteiger partial charge in [-0.15, -0.1) is 5.10 Å². The minimum Gasteiger partial charge on any atom is -0.497 e. The predicted molar refractivity (Wildman–Crippen MR) is 146 cm³/mol. The van der Waals surface area contributed by atoms with Gasteiger partial charge in [0.05, 0.1) is 38.7 Å². The van der Waals surface area contributed by atoms with Gasteiger partial charge in [-0.25, -0.2) is 24.1 Å². The monoisotopic (exact) mass is 600 g/mol. The standard InChI is InChI=1S/C28H31F3N8O4/c1-3-42-27(40)36-11-12-37-21(17-36)33-23(24(37)19-14-32-38(16-19)22-6-4-5-13-43-22)25-34-26(28(29,30)31)35-39(25)15-18-7-9-20(41-2)10-8-18/h7-10,14,16,22H,3-6,11-13,15,17H2,1-2H3. The van der Waals surface area contributed by atoms with Gasteiger partial charge >= 0.3 is 12.3 Å². The summed E-state index contributed by atoms with van der Waals surface area (Å²) in [5.74, 6) is -0.219. The van der Waals surface area contributed by atoms with Crippen LogP contribution < -0.4 is 4.74 Å². The third kappa shape index (κ3) is 5.81. The molecule has 2 aliphatic rings. The highest BCUT2D eigenvalue weighted by atomic mass is 19.4. The Morgan fingerprint density at radius 3 is 2.65 bits per heavy atom. The van der Waals surface area contributed by atoms with Crippen molar-refractivity contribution < 1.29 is 32.2 Å². The maximum absolute atomic E-state index is 13.9. The Labute approximate surface area is 245 Å². The Morgan fingerprint density at radius 1 is 1.14 bits per heavy atom. The molecule has 15 heteroatoms. The summed E-state index contributed by atoms with van der Waals surface area (Å²) in [5.41, 5.74) is 2.08. The fraction of sp³-hybridized carbons (Fsp3) is 0.464. The molecule has 1 atom stereocenters. The molecule has 0 bridgehead atoms. The average molecular weight is 601 g/mol. The zero-order valence-corrected chi connectivity index (χ0v) is 23.8. The van der Waals surface area contributed by atoms with Gasteiger partial charge in [0, 0.05) is 31.5 Å². The van der Waals surface area contributed by atoms with E-state index in [1.807, 2.05) is 10.8 Å². The second kappa shape index (κ2) is 11.7. The van der Waals surface area contributed by atoms with Crippen molar-refractivity contribution in [3.05, 3.63) is 53.9 Å². The number of benzene rings is 1. The number of hydrogen-bond acceptors (Lipinski definition) is 8. The van der Waals surface area contributed by atoms with Crippen molar-refractivity contribution in [3.63, 3.8) is 0 Å². The molecule has 1 aromatic carbocycles. The molecule has 4 aromatic rings. The van der Waals surface area contributed by atoms with Crippen LogP contribution in [0.2, 0.25) is 0 Å². The van der Waals surface area contributed by atoms with Gasteiger partial charge in [0.15, 0.2) is 5.82 Å². The summed E-state index contributed by atoms with van der Waals surface area (Å²) in [6.07, 6.45) is 0.767. The van der Waals surface area contributed by atoms with Crippen LogP contribution in [0.4, 0.5) is 18.0 Å². The maximum Gasteiger partial charge on any atom is 0.453 e. The summed E-state index contributed by atoms with van der Waals surface area (Å²) in [6.45, 7) is 3.38. The van der Waals surface area contributed by atoms with Crippen molar-refractivity contribution in [2.45, 2.75) is 58.2 Å². The molecule has 0 saturated carbocycles.